The lowest BCUT2D eigenvalue weighted by molar-refractivity contribution is 0.606. The average Bonchev–Trinajstić information content (AvgIpc) is 2.40. The van der Waals surface area contributed by atoms with Crippen molar-refractivity contribution in [1.82, 2.24) is 5.32 Å². The normalized spacial score (nSPS) is 12.5. The van der Waals surface area contributed by atoms with E-state index in [0.717, 1.165) is 39.4 Å². The highest BCUT2D eigenvalue weighted by Crippen LogP contribution is 2.30. The van der Waals surface area contributed by atoms with Crippen molar-refractivity contribution in [2.24, 2.45) is 0 Å². The Hall–Kier alpha value is -1.38. The van der Waals surface area contributed by atoms with Gasteiger partial charge in [-0.05, 0) is 73.3 Å². The topological polar surface area (TPSA) is 12.0 Å². The van der Waals surface area contributed by atoms with Gasteiger partial charge in [-0.15, -0.1) is 0 Å². The Bertz CT molecular complexity index is 629. The van der Waals surface area contributed by atoms with Crippen LogP contribution in [0.4, 0.5) is 4.39 Å². The molecule has 2 rings (SSSR count). The highest BCUT2D eigenvalue weighted by atomic mass is 35.5. The molecule has 0 bridgehead atoms. The van der Waals surface area contributed by atoms with Crippen LogP contribution in [0.1, 0.15) is 40.8 Å². The van der Waals surface area contributed by atoms with Crippen LogP contribution in [0.15, 0.2) is 30.3 Å². The molecule has 0 amide bonds. The van der Waals surface area contributed by atoms with Gasteiger partial charge in [0, 0.05) is 5.02 Å². The molecule has 0 spiro atoms. The molecule has 1 nitrogen and oxygen atoms in total. The first kappa shape index (κ1) is 16.0. The molecular formula is C18H21ClFN. The van der Waals surface area contributed by atoms with E-state index >= 15 is 0 Å². The van der Waals surface area contributed by atoms with E-state index in [-0.39, 0.29) is 11.9 Å². The molecule has 1 unspecified atom stereocenters. The third kappa shape index (κ3) is 3.45. The minimum absolute atomic E-state index is 0.0219. The summed E-state index contributed by atoms with van der Waals surface area (Å²) in [6.07, 6.45) is 0. The van der Waals surface area contributed by atoms with Crippen molar-refractivity contribution in [3.05, 3.63) is 69.0 Å². The number of nitrogens with one attached hydrogen (secondary N) is 1. The summed E-state index contributed by atoms with van der Waals surface area (Å²) in [6, 6.07) is 9.29. The average molecular weight is 306 g/mol. The molecule has 0 saturated heterocycles. The first-order chi connectivity index (χ1) is 9.93. The molecule has 2 aromatic carbocycles. The number of benzene rings is 2. The van der Waals surface area contributed by atoms with Crippen molar-refractivity contribution in [2.75, 3.05) is 6.54 Å². The molecule has 0 aliphatic rings. The lowest BCUT2D eigenvalue weighted by Gasteiger charge is -2.23. The van der Waals surface area contributed by atoms with Crippen LogP contribution in [-0.4, -0.2) is 6.54 Å². The summed E-state index contributed by atoms with van der Waals surface area (Å²) in [5.41, 5.74) is 5.19. The summed E-state index contributed by atoms with van der Waals surface area (Å²) >= 11 is 6.26. The number of rotatable bonds is 4. The molecule has 0 aromatic heterocycles. The quantitative estimate of drug-likeness (QED) is 0.828. The third-order valence-electron chi connectivity index (χ3n) is 3.78. The van der Waals surface area contributed by atoms with Gasteiger partial charge in [0.2, 0.25) is 0 Å². The van der Waals surface area contributed by atoms with Crippen LogP contribution in [0.3, 0.4) is 0 Å². The van der Waals surface area contributed by atoms with Crippen molar-refractivity contribution in [3.8, 4) is 0 Å². The van der Waals surface area contributed by atoms with Crippen molar-refractivity contribution in [3.63, 3.8) is 0 Å². The lowest BCUT2D eigenvalue weighted by Crippen LogP contribution is -2.24. The Kier molecular flexibility index (Phi) is 5.02. The first-order valence-corrected chi connectivity index (χ1v) is 7.58. The predicted octanol–water partition coefficient (Wildman–Crippen LogP) is 5.10. The molecule has 0 saturated carbocycles. The van der Waals surface area contributed by atoms with E-state index in [1.54, 1.807) is 12.1 Å². The van der Waals surface area contributed by atoms with E-state index in [1.165, 1.54) is 0 Å². The van der Waals surface area contributed by atoms with Crippen molar-refractivity contribution < 1.29 is 4.39 Å². The van der Waals surface area contributed by atoms with Gasteiger partial charge in [0.25, 0.3) is 0 Å². The SMILES string of the molecule is CCNC(c1ccc(C)c(Cl)c1)c1c(C)cc(F)cc1C. The van der Waals surface area contributed by atoms with Gasteiger partial charge in [0.05, 0.1) is 6.04 Å². The van der Waals surface area contributed by atoms with E-state index < -0.39 is 0 Å². The molecular weight excluding hydrogens is 285 g/mol. The Morgan fingerprint density at radius 3 is 2.19 bits per heavy atom. The number of hydrogen-bond donors (Lipinski definition) is 1. The summed E-state index contributed by atoms with van der Waals surface area (Å²) in [7, 11) is 0. The largest absolute Gasteiger partial charge is 0.307 e. The minimum Gasteiger partial charge on any atom is -0.307 e. The second-order valence-electron chi connectivity index (χ2n) is 5.45. The summed E-state index contributed by atoms with van der Waals surface area (Å²) in [5, 5.41) is 4.24. The predicted molar refractivity (Wildman–Crippen MR) is 87.6 cm³/mol. The number of hydrogen-bond acceptors (Lipinski definition) is 1. The summed E-state index contributed by atoms with van der Waals surface area (Å²) in [4.78, 5) is 0. The monoisotopic (exact) mass is 305 g/mol. The maximum atomic E-state index is 13.5. The first-order valence-electron chi connectivity index (χ1n) is 7.20. The standard InChI is InChI=1S/C18H21ClFN/c1-5-21-18(14-7-6-11(2)16(19)10-14)17-12(3)8-15(20)9-13(17)4/h6-10,18,21H,5H2,1-4H3. The highest BCUT2D eigenvalue weighted by Gasteiger charge is 2.19. The minimum atomic E-state index is -0.189. The van der Waals surface area contributed by atoms with E-state index in [4.69, 9.17) is 11.6 Å². The lowest BCUT2D eigenvalue weighted by atomic mass is 9.90. The summed E-state index contributed by atoms with van der Waals surface area (Å²) in [5.74, 6) is -0.189. The fourth-order valence-electron chi connectivity index (χ4n) is 2.76. The van der Waals surface area contributed by atoms with Crippen LogP contribution in [0, 0.1) is 26.6 Å². The molecule has 112 valence electrons. The fraction of sp³-hybridized carbons (Fsp3) is 0.333. The molecule has 2 aromatic rings. The van der Waals surface area contributed by atoms with Crippen molar-refractivity contribution in [1.29, 1.82) is 0 Å². The number of halogens is 2. The van der Waals surface area contributed by atoms with Crippen LogP contribution < -0.4 is 5.32 Å². The maximum Gasteiger partial charge on any atom is 0.123 e. The van der Waals surface area contributed by atoms with E-state index in [0.29, 0.717) is 0 Å². The van der Waals surface area contributed by atoms with Gasteiger partial charge < -0.3 is 5.32 Å². The second-order valence-corrected chi connectivity index (χ2v) is 5.86. The van der Waals surface area contributed by atoms with Crippen molar-refractivity contribution in [2.45, 2.75) is 33.7 Å². The molecule has 0 heterocycles. The Balaban J connectivity index is 2.55. The molecule has 1 N–H and O–H groups in total. The number of aryl methyl sites for hydroxylation is 3. The molecule has 21 heavy (non-hydrogen) atoms. The molecule has 0 radical (unpaired) electrons. The van der Waals surface area contributed by atoms with Gasteiger partial charge in [-0.2, -0.15) is 0 Å². The van der Waals surface area contributed by atoms with Crippen LogP contribution >= 0.6 is 11.6 Å². The zero-order chi connectivity index (χ0) is 15.6. The van der Waals surface area contributed by atoms with Crippen LogP contribution in [0.25, 0.3) is 0 Å². The van der Waals surface area contributed by atoms with Crippen LogP contribution in [0.5, 0.6) is 0 Å². The summed E-state index contributed by atoms with van der Waals surface area (Å²) < 4.78 is 13.5. The zero-order valence-corrected chi connectivity index (χ0v) is 13.7. The van der Waals surface area contributed by atoms with E-state index in [2.05, 4.69) is 18.3 Å². The van der Waals surface area contributed by atoms with E-state index in [9.17, 15) is 4.39 Å². The smallest absolute Gasteiger partial charge is 0.123 e. The van der Waals surface area contributed by atoms with Gasteiger partial charge >= 0.3 is 0 Å². The van der Waals surface area contributed by atoms with Gasteiger partial charge in [0.15, 0.2) is 0 Å². The summed E-state index contributed by atoms with van der Waals surface area (Å²) in [6.45, 7) is 8.78. The highest BCUT2D eigenvalue weighted by molar-refractivity contribution is 6.31. The molecule has 0 fully saturated rings. The maximum absolute atomic E-state index is 13.5. The Morgan fingerprint density at radius 2 is 1.67 bits per heavy atom. The Labute approximate surface area is 131 Å². The molecule has 0 aliphatic heterocycles. The van der Waals surface area contributed by atoms with Gasteiger partial charge in [0.1, 0.15) is 5.82 Å². The zero-order valence-electron chi connectivity index (χ0n) is 12.9. The van der Waals surface area contributed by atoms with Crippen molar-refractivity contribution >= 4 is 11.6 Å². The van der Waals surface area contributed by atoms with Crippen LogP contribution in [-0.2, 0) is 0 Å². The fourth-order valence-corrected chi connectivity index (χ4v) is 2.95. The third-order valence-corrected chi connectivity index (χ3v) is 4.19. The molecule has 3 heteroatoms. The van der Waals surface area contributed by atoms with Gasteiger partial charge in [-0.25, -0.2) is 4.39 Å². The molecule has 1 atom stereocenters. The molecule has 0 aliphatic carbocycles. The van der Waals surface area contributed by atoms with Gasteiger partial charge in [-0.1, -0.05) is 30.7 Å². The van der Waals surface area contributed by atoms with E-state index in [1.807, 2.05) is 32.9 Å². The second kappa shape index (κ2) is 6.59. The van der Waals surface area contributed by atoms with Gasteiger partial charge in [-0.3, -0.25) is 0 Å². The van der Waals surface area contributed by atoms with Crippen LogP contribution in [0.2, 0.25) is 5.02 Å². The Morgan fingerprint density at radius 1 is 1.05 bits per heavy atom.